The third-order valence-corrected chi connectivity index (χ3v) is 3.43. The van der Waals surface area contributed by atoms with Crippen LogP contribution in [-0.4, -0.2) is 19.3 Å². The molecule has 0 fully saturated rings. The van der Waals surface area contributed by atoms with E-state index in [1.54, 1.807) is 0 Å². The fraction of sp³-hybridized carbons (Fsp3) is 0.600. The van der Waals surface area contributed by atoms with Crippen LogP contribution in [0.15, 0.2) is 24.3 Å². The van der Waals surface area contributed by atoms with Crippen LogP contribution in [0.3, 0.4) is 0 Å². The molecule has 0 saturated carbocycles. The quantitative estimate of drug-likeness (QED) is 0.844. The first kappa shape index (κ1) is 12.6. The van der Waals surface area contributed by atoms with E-state index in [1.807, 2.05) is 6.92 Å². The zero-order chi connectivity index (χ0) is 12.1. The van der Waals surface area contributed by atoms with Gasteiger partial charge in [0.2, 0.25) is 0 Å². The van der Waals surface area contributed by atoms with Crippen LogP contribution in [0.4, 0.5) is 0 Å². The van der Waals surface area contributed by atoms with Crippen LogP contribution in [0.1, 0.15) is 43.9 Å². The van der Waals surface area contributed by atoms with Crippen molar-refractivity contribution in [3.8, 4) is 0 Å². The van der Waals surface area contributed by atoms with Crippen molar-refractivity contribution >= 4 is 0 Å². The maximum absolute atomic E-state index is 5.46. The first-order valence-corrected chi connectivity index (χ1v) is 6.73. The standard InChI is InChI=1S/C15H23NO/c1-3-17-11-12(2)16-15-10-6-8-13-7-4-5-9-14(13)15/h4-5,7,9,12,15-16H,3,6,8,10-11H2,1-2H3. The van der Waals surface area contributed by atoms with Crippen LogP contribution in [0, 0.1) is 0 Å². The van der Waals surface area contributed by atoms with Gasteiger partial charge < -0.3 is 10.1 Å². The van der Waals surface area contributed by atoms with Gasteiger partial charge in [0, 0.05) is 18.7 Å². The van der Waals surface area contributed by atoms with Crippen molar-refractivity contribution in [3.63, 3.8) is 0 Å². The minimum atomic E-state index is 0.422. The number of benzene rings is 1. The number of hydrogen-bond acceptors (Lipinski definition) is 2. The number of nitrogens with one attached hydrogen (secondary N) is 1. The molecule has 1 aliphatic carbocycles. The Morgan fingerprint density at radius 1 is 1.41 bits per heavy atom. The molecule has 0 spiro atoms. The number of rotatable bonds is 5. The van der Waals surface area contributed by atoms with Gasteiger partial charge in [0.1, 0.15) is 0 Å². The van der Waals surface area contributed by atoms with Crippen molar-refractivity contribution in [2.24, 2.45) is 0 Å². The van der Waals surface area contributed by atoms with Gasteiger partial charge in [-0.25, -0.2) is 0 Å². The topological polar surface area (TPSA) is 21.3 Å². The number of hydrogen-bond donors (Lipinski definition) is 1. The lowest BCUT2D eigenvalue weighted by Crippen LogP contribution is -2.35. The summed E-state index contributed by atoms with van der Waals surface area (Å²) in [7, 11) is 0. The Labute approximate surface area is 104 Å². The summed E-state index contributed by atoms with van der Waals surface area (Å²) in [5.74, 6) is 0. The van der Waals surface area contributed by atoms with Crippen molar-refractivity contribution in [2.75, 3.05) is 13.2 Å². The predicted octanol–water partition coefficient (Wildman–Crippen LogP) is 3.08. The summed E-state index contributed by atoms with van der Waals surface area (Å²) in [6.07, 6.45) is 3.76. The highest BCUT2D eigenvalue weighted by Crippen LogP contribution is 2.29. The lowest BCUT2D eigenvalue weighted by molar-refractivity contribution is 0.122. The van der Waals surface area contributed by atoms with Crippen LogP contribution >= 0.6 is 0 Å². The second-order valence-corrected chi connectivity index (χ2v) is 4.87. The molecule has 0 bridgehead atoms. The average Bonchev–Trinajstić information content (AvgIpc) is 2.37. The maximum Gasteiger partial charge on any atom is 0.0616 e. The summed E-state index contributed by atoms with van der Waals surface area (Å²) in [5, 5.41) is 3.68. The summed E-state index contributed by atoms with van der Waals surface area (Å²) >= 11 is 0. The normalized spacial score (nSPS) is 20.9. The van der Waals surface area contributed by atoms with E-state index in [0.717, 1.165) is 13.2 Å². The molecule has 0 aromatic heterocycles. The largest absolute Gasteiger partial charge is 0.380 e. The van der Waals surface area contributed by atoms with Gasteiger partial charge in [0.15, 0.2) is 0 Å². The molecule has 1 aromatic rings. The summed E-state index contributed by atoms with van der Waals surface area (Å²) in [6, 6.07) is 9.74. The maximum atomic E-state index is 5.46. The third-order valence-electron chi connectivity index (χ3n) is 3.43. The summed E-state index contributed by atoms with van der Waals surface area (Å²) in [6.45, 7) is 5.85. The van der Waals surface area contributed by atoms with Crippen molar-refractivity contribution in [3.05, 3.63) is 35.4 Å². The van der Waals surface area contributed by atoms with Gasteiger partial charge in [-0.05, 0) is 44.2 Å². The molecule has 17 heavy (non-hydrogen) atoms. The predicted molar refractivity (Wildman–Crippen MR) is 71.2 cm³/mol. The van der Waals surface area contributed by atoms with Crippen LogP contribution in [0.2, 0.25) is 0 Å². The molecule has 0 saturated heterocycles. The molecular weight excluding hydrogens is 210 g/mol. The Bertz CT molecular complexity index is 351. The van der Waals surface area contributed by atoms with Gasteiger partial charge in [-0.15, -0.1) is 0 Å². The Kier molecular flexibility index (Phi) is 4.57. The lowest BCUT2D eigenvalue weighted by atomic mass is 9.87. The number of aryl methyl sites for hydroxylation is 1. The van der Waals surface area contributed by atoms with Gasteiger partial charge in [0.25, 0.3) is 0 Å². The lowest BCUT2D eigenvalue weighted by Gasteiger charge is -2.29. The first-order chi connectivity index (χ1) is 8.31. The molecule has 1 aliphatic rings. The number of ether oxygens (including phenoxy) is 1. The van der Waals surface area contributed by atoms with Crippen LogP contribution in [0.25, 0.3) is 0 Å². The minimum Gasteiger partial charge on any atom is -0.380 e. The van der Waals surface area contributed by atoms with E-state index < -0.39 is 0 Å². The molecular formula is C15H23NO. The van der Waals surface area contributed by atoms with Crippen LogP contribution in [-0.2, 0) is 11.2 Å². The van der Waals surface area contributed by atoms with E-state index in [4.69, 9.17) is 4.74 Å². The average molecular weight is 233 g/mol. The molecule has 2 heteroatoms. The first-order valence-electron chi connectivity index (χ1n) is 6.73. The Balaban J connectivity index is 1.98. The Morgan fingerprint density at radius 2 is 2.24 bits per heavy atom. The number of fused-ring (bicyclic) bond motifs is 1. The van der Waals surface area contributed by atoms with Crippen molar-refractivity contribution < 1.29 is 4.74 Å². The Morgan fingerprint density at radius 3 is 3.06 bits per heavy atom. The molecule has 0 aliphatic heterocycles. The van der Waals surface area contributed by atoms with Crippen molar-refractivity contribution in [2.45, 2.75) is 45.2 Å². The zero-order valence-corrected chi connectivity index (χ0v) is 10.9. The highest BCUT2D eigenvalue weighted by Gasteiger charge is 2.20. The third kappa shape index (κ3) is 3.30. The SMILES string of the molecule is CCOCC(C)NC1CCCc2ccccc21. The molecule has 1 aromatic carbocycles. The van der Waals surface area contributed by atoms with Gasteiger partial charge in [-0.3, -0.25) is 0 Å². The van der Waals surface area contributed by atoms with Crippen molar-refractivity contribution in [1.29, 1.82) is 0 Å². The van der Waals surface area contributed by atoms with Gasteiger partial charge in [-0.1, -0.05) is 24.3 Å². The van der Waals surface area contributed by atoms with E-state index in [0.29, 0.717) is 12.1 Å². The van der Waals surface area contributed by atoms with E-state index in [2.05, 4.69) is 36.5 Å². The highest BCUT2D eigenvalue weighted by molar-refractivity contribution is 5.32. The minimum absolute atomic E-state index is 0.422. The van der Waals surface area contributed by atoms with E-state index in [1.165, 1.54) is 30.4 Å². The fourth-order valence-corrected chi connectivity index (χ4v) is 2.61. The molecule has 2 rings (SSSR count). The molecule has 2 nitrogen and oxygen atoms in total. The smallest absolute Gasteiger partial charge is 0.0616 e. The van der Waals surface area contributed by atoms with E-state index in [9.17, 15) is 0 Å². The monoisotopic (exact) mass is 233 g/mol. The molecule has 0 radical (unpaired) electrons. The second-order valence-electron chi connectivity index (χ2n) is 4.87. The molecule has 2 atom stereocenters. The summed E-state index contributed by atoms with van der Waals surface area (Å²) in [4.78, 5) is 0. The molecule has 2 unspecified atom stereocenters. The van der Waals surface area contributed by atoms with Gasteiger partial charge in [0.05, 0.1) is 6.61 Å². The highest BCUT2D eigenvalue weighted by atomic mass is 16.5. The molecule has 1 N–H and O–H groups in total. The van der Waals surface area contributed by atoms with Gasteiger partial charge >= 0.3 is 0 Å². The van der Waals surface area contributed by atoms with Gasteiger partial charge in [-0.2, -0.15) is 0 Å². The van der Waals surface area contributed by atoms with E-state index in [-0.39, 0.29) is 0 Å². The zero-order valence-electron chi connectivity index (χ0n) is 10.9. The molecule has 0 heterocycles. The van der Waals surface area contributed by atoms with E-state index >= 15 is 0 Å². The summed E-state index contributed by atoms with van der Waals surface area (Å²) in [5.41, 5.74) is 3.00. The Hall–Kier alpha value is -0.860. The molecule has 94 valence electrons. The fourth-order valence-electron chi connectivity index (χ4n) is 2.61. The summed E-state index contributed by atoms with van der Waals surface area (Å²) < 4.78 is 5.46. The van der Waals surface area contributed by atoms with Crippen LogP contribution in [0.5, 0.6) is 0 Å². The van der Waals surface area contributed by atoms with Crippen molar-refractivity contribution in [1.82, 2.24) is 5.32 Å². The van der Waals surface area contributed by atoms with Crippen LogP contribution < -0.4 is 5.32 Å². The second kappa shape index (κ2) is 6.18. The molecule has 0 amide bonds.